The van der Waals surface area contributed by atoms with Crippen LogP contribution in [0.3, 0.4) is 0 Å². The molecule has 2 N–H and O–H groups in total. The van der Waals surface area contributed by atoms with E-state index in [1.54, 1.807) is 0 Å². The van der Waals surface area contributed by atoms with Gasteiger partial charge in [0, 0.05) is 10.7 Å². The largest absolute Gasteiger partial charge is 0.465 e. The fraction of sp³-hybridized carbons (Fsp3) is 0.0769. The smallest absolute Gasteiger partial charge is 0.340 e. The van der Waals surface area contributed by atoms with Gasteiger partial charge in [-0.1, -0.05) is 15.9 Å². The summed E-state index contributed by atoms with van der Waals surface area (Å²) in [5.74, 6) is -1.31. The van der Waals surface area contributed by atoms with Gasteiger partial charge in [0.15, 0.2) is 11.6 Å². The van der Waals surface area contributed by atoms with Crippen LogP contribution in [0.2, 0.25) is 0 Å². The highest BCUT2D eigenvalue weighted by molar-refractivity contribution is 9.10. The molecule has 104 valence electrons. The van der Waals surface area contributed by atoms with Gasteiger partial charge in [0.1, 0.15) is 5.69 Å². The number of hydrogen-bond acceptors (Lipinski definition) is 5. The number of methoxy groups -OCH3 is 1. The van der Waals surface area contributed by atoms with Gasteiger partial charge in [-0.05, 0) is 24.3 Å². The van der Waals surface area contributed by atoms with Gasteiger partial charge in [0.2, 0.25) is 5.88 Å². The molecule has 2 aromatic rings. The number of hydrogen-bond donors (Lipinski definition) is 1. The summed E-state index contributed by atoms with van der Waals surface area (Å²) in [7, 11) is 1.23. The van der Waals surface area contributed by atoms with Crippen LogP contribution in [0.25, 0.3) is 0 Å². The van der Waals surface area contributed by atoms with Crippen LogP contribution in [-0.2, 0) is 4.74 Å². The summed E-state index contributed by atoms with van der Waals surface area (Å²) in [4.78, 5) is 15.4. The third kappa shape index (κ3) is 2.88. The van der Waals surface area contributed by atoms with Crippen molar-refractivity contribution in [3.63, 3.8) is 0 Å². The quantitative estimate of drug-likeness (QED) is 0.868. The molecule has 0 radical (unpaired) electrons. The number of benzene rings is 1. The molecule has 1 aromatic carbocycles. The molecular formula is C13H10BrFN2O3. The van der Waals surface area contributed by atoms with E-state index in [-0.39, 0.29) is 22.9 Å². The summed E-state index contributed by atoms with van der Waals surface area (Å²) in [6, 6.07) is 5.59. The molecular weight excluding hydrogens is 331 g/mol. The number of esters is 1. The van der Waals surface area contributed by atoms with Gasteiger partial charge in [-0.25, -0.2) is 14.2 Å². The second-order valence-electron chi connectivity index (χ2n) is 3.75. The second kappa shape index (κ2) is 5.87. The monoisotopic (exact) mass is 340 g/mol. The molecule has 0 atom stereocenters. The van der Waals surface area contributed by atoms with Gasteiger partial charge >= 0.3 is 5.97 Å². The maximum Gasteiger partial charge on any atom is 0.340 e. The molecule has 0 unspecified atom stereocenters. The zero-order chi connectivity index (χ0) is 14.7. The van der Waals surface area contributed by atoms with Gasteiger partial charge in [-0.3, -0.25) is 0 Å². The van der Waals surface area contributed by atoms with Crippen LogP contribution in [0.15, 0.2) is 34.9 Å². The lowest BCUT2D eigenvalue weighted by atomic mass is 10.2. The fourth-order valence-electron chi connectivity index (χ4n) is 1.48. The number of nitrogens with two attached hydrogens (primary N) is 1. The van der Waals surface area contributed by atoms with E-state index in [2.05, 4.69) is 25.7 Å². The number of nitrogen functional groups attached to an aromatic ring is 1. The summed E-state index contributed by atoms with van der Waals surface area (Å²) < 4.78 is 24.1. The number of nitrogens with zero attached hydrogens (tertiary/aromatic N) is 1. The first-order valence-electron chi connectivity index (χ1n) is 5.48. The van der Waals surface area contributed by atoms with E-state index >= 15 is 0 Å². The lowest BCUT2D eigenvalue weighted by Gasteiger charge is -2.10. The van der Waals surface area contributed by atoms with Crippen molar-refractivity contribution in [2.24, 2.45) is 0 Å². The summed E-state index contributed by atoms with van der Waals surface area (Å²) >= 11 is 3.20. The molecule has 2 rings (SSSR count). The number of pyridine rings is 1. The van der Waals surface area contributed by atoms with Crippen molar-refractivity contribution in [1.29, 1.82) is 0 Å². The highest BCUT2D eigenvalue weighted by Crippen LogP contribution is 2.31. The average molecular weight is 341 g/mol. The van der Waals surface area contributed by atoms with Crippen LogP contribution in [0.1, 0.15) is 10.4 Å². The first-order valence-corrected chi connectivity index (χ1v) is 6.28. The minimum Gasteiger partial charge on any atom is -0.465 e. The van der Waals surface area contributed by atoms with E-state index in [0.29, 0.717) is 4.47 Å². The lowest BCUT2D eigenvalue weighted by molar-refractivity contribution is 0.0601. The molecule has 0 saturated heterocycles. The molecule has 0 aliphatic rings. The molecule has 1 aromatic heterocycles. The van der Waals surface area contributed by atoms with Crippen LogP contribution in [-0.4, -0.2) is 18.1 Å². The number of ether oxygens (including phenoxy) is 2. The number of anilines is 1. The van der Waals surface area contributed by atoms with E-state index < -0.39 is 11.8 Å². The van der Waals surface area contributed by atoms with Gasteiger partial charge in [-0.2, -0.15) is 0 Å². The first-order chi connectivity index (χ1) is 9.52. The summed E-state index contributed by atoms with van der Waals surface area (Å²) in [5, 5.41) is 0. The molecule has 0 bridgehead atoms. The van der Waals surface area contributed by atoms with Crippen molar-refractivity contribution in [3.8, 4) is 11.6 Å². The summed E-state index contributed by atoms with van der Waals surface area (Å²) in [6.45, 7) is 0. The number of carbonyl (C=O) groups excluding carboxylic acids is 1. The number of rotatable bonds is 3. The Morgan fingerprint density at radius 2 is 2.15 bits per heavy atom. The Hall–Kier alpha value is -2.15. The van der Waals surface area contributed by atoms with Gasteiger partial charge in [0.25, 0.3) is 0 Å². The molecule has 20 heavy (non-hydrogen) atoms. The van der Waals surface area contributed by atoms with Crippen molar-refractivity contribution in [2.75, 3.05) is 12.8 Å². The van der Waals surface area contributed by atoms with Crippen molar-refractivity contribution < 1.29 is 18.7 Å². The molecule has 0 fully saturated rings. The van der Waals surface area contributed by atoms with Crippen LogP contribution >= 0.6 is 15.9 Å². The van der Waals surface area contributed by atoms with Crippen LogP contribution in [0.5, 0.6) is 11.6 Å². The Balaban J connectivity index is 2.39. The highest BCUT2D eigenvalue weighted by Gasteiger charge is 2.16. The second-order valence-corrected chi connectivity index (χ2v) is 4.66. The normalized spacial score (nSPS) is 10.2. The summed E-state index contributed by atoms with van der Waals surface area (Å²) in [6.07, 6.45) is 1.33. The minimum absolute atomic E-state index is 0.0151. The Morgan fingerprint density at radius 1 is 1.40 bits per heavy atom. The van der Waals surface area contributed by atoms with E-state index in [1.807, 2.05) is 0 Å². The molecule has 1 heterocycles. The SMILES string of the molecule is COC(=O)c1ccnc(Oc2cc(Br)ccc2F)c1N. The molecule has 0 spiro atoms. The third-order valence-electron chi connectivity index (χ3n) is 2.46. The zero-order valence-electron chi connectivity index (χ0n) is 10.4. The number of aromatic nitrogens is 1. The Kier molecular flexibility index (Phi) is 4.19. The van der Waals surface area contributed by atoms with Gasteiger partial charge in [-0.15, -0.1) is 0 Å². The van der Waals surface area contributed by atoms with E-state index in [1.165, 1.54) is 37.6 Å². The van der Waals surface area contributed by atoms with Crippen LogP contribution in [0.4, 0.5) is 10.1 Å². The zero-order valence-corrected chi connectivity index (χ0v) is 12.0. The van der Waals surface area contributed by atoms with Crippen LogP contribution in [0, 0.1) is 5.82 Å². The Morgan fingerprint density at radius 3 is 2.85 bits per heavy atom. The van der Waals surface area contributed by atoms with E-state index in [4.69, 9.17) is 10.5 Å². The number of halogens is 2. The molecule has 0 aliphatic heterocycles. The molecule has 0 saturated carbocycles. The van der Waals surface area contributed by atoms with Gasteiger partial charge in [0.05, 0.1) is 12.7 Å². The van der Waals surface area contributed by atoms with E-state index in [0.717, 1.165) is 0 Å². The third-order valence-corrected chi connectivity index (χ3v) is 2.95. The van der Waals surface area contributed by atoms with Crippen LogP contribution < -0.4 is 10.5 Å². The van der Waals surface area contributed by atoms with Crippen molar-refractivity contribution >= 4 is 27.6 Å². The molecule has 7 heteroatoms. The van der Waals surface area contributed by atoms with Crippen molar-refractivity contribution in [3.05, 3.63) is 46.3 Å². The topological polar surface area (TPSA) is 74.4 Å². The van der Waals surface area contributed by atoms with Crippen molar-refractivity contribution in [2.45, 2.75) is 0 Å². The number of carbonyl (C=O) groups is 1. The maximum atomic E-state index is 13.6. The van der Waals surface area contributed by atoms with Crippen molar-refractivity contribution in [1.82, 2.24) is 4.98 Å². The molecule has 0 aliphatic carbocycles. The average Bonchev–Trinajstić information content (AvgIpc) is 2.44. The summed E-state index contributed by atoms with van der Waals surface area (Å²) in [5.41, 5.74) is 5.86. The van der Waals surface area contributed by atoms with E-state index in [9.17, 15) is 9.18 Å². The fourth-order valence-corrected chi connectivity index (χ4v) is 1.82. The lowest BCUT2D eigenvalue weighted by Crippen LogP contribution is -2.07. The predicted molar refractivity (Wildman–Crippen MR) is 74.2 cm³/mol. The Labute approximate surface area is 122 Å². The standard InChI is InChI=1S/C13H10BrFN2O3/c1-19-13(18)8-4-5-17-12(11(8)16)20-10-6-7(14)2-3-9(10)15/h2-6H,16H2,1H3. The Bertz CT molecular complexity index is 664. The molecule has 5 nitrogen and oxygen atoms in total. The first kappa shape index (κ1) is 14.3. The van der Waals surface area contributed by atoms with Gasteiger partial charge < -0.3 is 15.2 Å². The maximum absolute atomic E-state index is 13.6. The molecule has 0 amide bonds. The highest BCUT2D eigenvalue weighted by atomic mass is 79.9. The predicted octanol–water partition coefficient (Wildman–Crippen LogP) is 3.14. The minimum atomic E-state index is -0.621.